The van der Waals surface area contributed by atoms with Gasteiger partial charge in [0.1, 0.15) is 12.4 Å². The van der Waals surface area contributed by atoms with Gasteiger partial charge in [-0.05, 0) is 29.8 Å². The summed E-state index contributed by atoms with van der Waals surface area (Å²) >= 11 is 0. The van der Waals surface area contributed by atoms with E-state index in [2.05, 4.69) is 9.98 Å². The molecule has 0 saturated carbocycles. The van der Waals surface area contributed by atoms with Gasteiger partial charge in [0, 0.05) is 18.0 Å². The summed E-state index contributed by atoms with van der Waals surface area (Å²) in [5.74, 6) is 1.26. The monoisotopic (exact) mass is 304 g/mol. The molecule has 1 N–H and O–H groups in total. The van der Waals surface area contributed by atoms with Crippen molar-refractivity contribution in [1.82, 2.24) is 4.98 Å². The van der Waals surface area contributed by atoms with Gasteiger partial charge in [0.2, 0.25) is 0 Å². The lowest BCUT2D eigenvalue weighted by atomic mass is 10.2. The maximum absolute atomic E-state index is 9.77. The molecule has 3 aromatic rings. The molecule has 1 heterocycles. The number of aromatic nitrogens is 1. The van der Waals surface area contributed by atoms with Crippen molar-refractivity contribution in [2.75, 3.05) is 0 Å². The number of hydrogen-bond acceptors (Lipinski definition) is 4. The van der Waals surface area contributed by atoms with Crippen LogP contribution in [0.3, 0.4) is 0 Å². The SMILES string of the molecule is Oc1ccccc1C=Nc1ncccc1OCc1ccccc1. The normalized spacial score (nSPS) is 10.8. The Bertz CT molecular complexity index is 801. The second-order valence-electron chi connectivity index (χ2n) is 4.92. The molecule has 2 aromatic carbocycles. The first-order valence-electron chi connectivity index (χ1n) is 7.27. The number of nitrogens with zero attached hydrogens (tertiary/aromatic N) is 2. The number of hydrogen-bond donors (Lipinski definition) is 1. The summed E-state index contributed by atoms with van der Waals surface area (Å²) in [4.78, 5) is 8.56. The topological polar surface area (TPSA) is 54.7 Å². The summed E-state index contributed by atoms with van der Waals surface area (Å²) in [6.07, 6.45) is 3.24. The molecule has 0 bridgehead atoms. The van der Waals surface area contributed by atoms with E-state index in [1.807, 2.05) is 42.5 Å². The first-order valence-corrected chi connectivity index (χ1v) is 7.27. The van der Waals surface area contributed by atoms with E-state index in [4.69, 9.17) is 4.74 Å². The summed E-state index contributed by atoms with van der Waals surface area (Å²) in [6.45, 7) is 0.450. The molecule has 0 fully saturated rings. The fourth-order valence-electron chi connectivity index (χ4n) is 2.05. The fourth-order valence-corrected chi connectivity index (χ4v) is 2.05. The van der Waals surface area contributed by atoms with E-state index in [1.165, 1.54) is 0 Å². The highest BCUT2D eigenvalue weighted by atomic mass is 16.5. The third-order valence-corrected chi connectivity index (χ3v) is 3.25. The number of phenolic OH excluding ortho intramolecular Hbond substituents is 1. The van der Waals surface area contributed by atoms with Crippen LogP contribution in [0.5, 0.6) is 11.5 Å². The van der Waals surface area contributed by atoms with Crippen molar-refractivity contribution in [3.8, 4) is 11.5 Å². The number of pyridine rings is 1. The number of rotatable bonds is 5. The van der Waals surface area contributed by atoms with Gasteiger partial charge in [-0.1, -0.05) is 42.5 Å². The number of ether oxygens (including phenoxy) is 1. The smallest absolute Gasteiger partial charge is 0.194 e. The molecule has 0 unspecified atom stereocenters. The van der Waals surface area contributed by atoms with Gasteiger partial charge in [0.15, 0.2) is 11.6 Å². The zero-order chi connectivity index (χ0) is 15.9. The fraction of sp³-hybridized carbons (Fsp3) is 0.0526. The molecule has 4 heteroatoms. The maximum atomic E-state index is 9.77. The number of aliphatic imine (C=N–C) groups is 1. The van der Waals surface area contributed by atoms with Crippen LogP contribution in [-0.2, 0) is 6.61 Å². The number of benzene rings is 2. The Morgan fingerprint density at radius 1 is 0.957 bits per heavy atom. The van der Waals surface area contributed by atoms with Crippen LogP contribution in [-0.4, -0.2) is 16.3 Å². The Kier molecular flexibility index (Phi) is 4.64. The van der Waals surface area contributed by atoms with Crippen LogP contribution in [0.1, 0.15) is 11.1 Å². The van der Waals surface area contributed by atoms with Crippen molar-refractivity contribution in [3.63, 3.8) is 0 Å². The van der Waals surface area contributed by atoms with E-state index in [9.17, 15) is 5.11 Å². The molecule has 1 aromatic heterocycles. The van der Waals surface area contributed by atoms with Crippen molar-refractivity contribution >= 4 is 12.0 Å². The van der Waals surface area contributed by atoms with Crippen LogP contribution < -0.4 is 4.74 Å². The molecule has 0 saturated heterocycles. The average Bonchev–Trinajstić information content (AvgIpc) is 2.61. The lowest BCUT2D eigenvalue weighted by Crippen LogP contribution is -1.96. The van der Waals surface area contributed by atoms with Gasteiger partial charge in [0.05, 0.1) is 0 Å². The zero-order valence-electron chi connectivity index (χ0n) is 12.5. The van der Waals surface area contributed by atoms with Gasteiger partial charge in [-0.2, -0.15) is 0 Å². The van der Waals surface area contributed by atoms with E-state index in [0.29, 0.717) is 23.7 Å². The van der Waals surface area contributed by atoms with Gasteiger partial charge in [-0.25, -0.2) is 9.98 Å². The van der Waals surface area contributed by atoms with Crippen molar-refractivity contribution in [3.05, 3.63) is 84.1 Å². The minimum absolute atomic E-state index is 0.180. The van der Waals surface area contributed by atoms with E-state index in [-0.39, 0.29) is 5.75 Å². The Morgan fingerprint density at radius 2 is 1.74 bits per heavy atom. The highest BCUT2D eigenvalue weighted by molar-refractivity contribution is 5.85. The second-order valence-corrected chi connectivity index (χ2v) is 4.92. The first-order chi connectivity index (χ1) is 11.3. The Balaban J connectivity index is 1.77. The van der Waals surface area contributed by atoms with Gasteiger partial charge in [-0.3, -0.25) is 0 Å². The molecular formula is C19H16N2O2. The molecule has 23 heavy (non-hydrogen) atoms. The van der Waals surface area contributed by atoms with E-state index >= 15 is 0 Å². The van der Waals surface area contributed by atoms with Crippen LogP contribution >= 0.6 is 0 Å². The van der Waals surface area contributed by atoms with Gasteiger partial charge in [0.25, 0.3) is 0 Å². The molecule has 114 valence electrons. The molecule has 4 nitrogen and oxygen atoms in total. The highest BCUT2D eigenvalue weighted by Crippen LogP contribution is 2.25. The number of para-hydroxylation sites is 1. The Labute approximate surface area is 134 Å². The van der Waals surface area contributed by atoms with Gasteiger partial charge in [-0.15, -0.1) is 0 Å². The van der Waals surface area contributed by atoms with Crippen molar-refractivity contribution < 1.29 is 9.84 Å². The van der Waals surface area contributed by atoms with Gasteiger partial charge >= 0.3 is 0 Å². The summed E-state index contributed by atoms with van der Waals surface area (Å²) < 4.78 is 5.80. The summed E-state index contributed by atoms with van der Waals surface area (Å²) in [5.41, 5.74) is 1.71. The minimum atomic E-state index is 0.180. The van der Waals surface area contributed by atoms with Crippen molar-refractivity contribution in [2.45, 2.75) is 6.61 Å². The quantitative estimate of drug-likeness (QED) is 0.721. The predicted octanol–water partition coefficient (Wildman–Crippen LogP) is 4.12. The molecule has 0 aliphatic rings. The second kappa shape index (κ2) is 7.22. The standard InChI is InChI=1S/C19H16N2O2/c22-17-10-5-4-9-16(17)13-21-19-18(11-6-12-20-19)23-14-15-7-2-1-3-8-15/h1-13,22H,14H2. The van der Waals surface area contributed by atoms with Crippen LogP contribution in [0, 0.1) is 0 Å². The zero-order valence-corrected chi connectivity index (χ0v) is 12.5. The lowest BCUT2D eigenvalue weighted by molar-refractivity contribution is 0.306. The lowest BCUT2D eigenvalue weighted by Gasteiger charge is -2.08. The molecule has 0 atom stereocenters. The van der Waals surface area contributed by atoms with Crippen molar-refractivity contribution in [2.24, 2.45) is 4.99 Å². The molecule has 0 aliphatic carbocycles. The van der Waals surface area contributed by atoms with E-state index in [0.717, 1.165) is 5.56 Å². The number of aromatic hydroxyl groups is 1. The Morgan fingerprint density at radius 3 is 2.57 bits per heavy atom. The number of phenols is 1. The minimum Gasteiger partial charge on any atom is -0.507 e. The molecule has 0 amide bonds. The maximum Gasteiger partial charge on any atom is 0.194 e. The third-order valence-electron chi connectivity index (χ3n) is 3.25. The predicted molar refractivity (Wildman–Crippen MR) is 90.4 cm³/mol. The van der Waals surface area contributed by atoms with Crippen LogP contribution in [0.25, 0.3) is 0 Å². The largest absolute Gasteiger partial charge is 0.507 e. The molecular weight excluding hydrogens is 288 g/mol. The molecule has 0 spiro atoms. The first kappa shape index (κ1) is 14.8. The average molecular weight is 304 g/mol. The molecule has 3 rings (SSSR count). The Hall–Kier alpha value is -3.14. The van der Waals surface area contributed by atoms with Crippen LogP contribution in [0.15, 0.2) is 77.9 Å². The molecule has 0 aliphatic heterocycles. The summed E-state index contributed by atoms with van der Waals surface area (Å²) in [5, 5.41) is 9.77. The van der Waals surface area contributed by atoms with Crippen molar-refractivity contribution in [1.29, 1.82) is 0 Å². The third kappa shape index (κ3) is 3.95. The van der Waals surface area contributed by atoms with Gasteiger partial charge < -0.3 is 9.84 Å². The highest BCUT2D eigenvalue weighted by Gasteiger charge is 2.04. The van der Waals surface area contributed by atoms with Crippen LogP contribution in [0.2, 0.25) is 0 Å². The summed E-state index contributed by atoms with van der Waals surface area (Å²) in [6, 6.07) is 20.6. The van der Waals surface area contributed by atoms with E-state index in [1.54, 1.807) is 36.7 Å². The molecule has 0 radical (unpaired) electrons. The van der Waals surface area contributed by atoms with Crippen LogP contribution in [0.4, 0.5) is 5.82 Å². The summed E-state index contributed by atoms with van der Waals surface area (Å²) in [7, 11) is 0. The van der Waals surface area contributed by atoms with E-state index < -0.39 is 0 Å².